The summed E-state index contributed by atoms with van der Waals surface area (Å²) in [5, 5.41) is 10.9. The topological polar surface area (TPSA) is 115 Å². The van der Waals surface area contributed by atoms with Gasteiger partial charge in [-0.3, -0.25) is 4.21 Å². The second-order valence-corrected chi connectivity index (χ2v) is 10.4. The summed E-state index contributed by atoms with van der Waals surface area (Å²) in [4.78, 5) is 16.0. The van der Waals surface area contributed by atoms with Crippen LogP contribution < -0.4 is 20.3 Å². The van der Waals surface area contributed by atoms with Crippen LogP contribution in [0.2, 0.25) is 0 Å². The molecule has 0 saturated carbocycles. The summed E-state index contributed by atoms with van der Waals surface area (Å²) in [5.74, 6) is 0.225. The lowest BCUT2D eigenvalue weighted by atomic mass is 10.0. The van der Waals surface area contributed by atoms with Crippen molar-refractivity contribution in [2.45, 2.75) is 55.6 Å². The van der Waals surface area contributed by atoms with Crippen molar-refractivity contribution in [2.75, 3.05) is 19.5 Å². The van der Waals surface area contributed by atoms with Crippen LogP contribution in [0, 0.1) is 0 Å². The molecule has 0 aliphatic carbocycles. The SMILES string of the molecule is COc1ccc(CCCCCCCCOc2ccc(CS(=O)c3cccc(N)c3)nc2/C=C/C(=O)[O-])cc1. The number of rotatable bonds is 16. The maximum atomic E-state index is 12.7. The van der Waals surface area contributed by atoms with Gasteiger partial charge in [-0.05, 0) is 79.4 Å². The third-order valence-electron chi connectivity index (χ3n) is 6.00. The number of carbonyl (C=O) groups is 1. The van der Waals surface area contributed by atoms with Crippen molar-refractivity contribution >= 4 is 28.5 Å². The maximum absolute atomic E-state index is 12.7. The highest BCUT2D eigenvalue weighted by Crippen LogP contribution is 2.22. The Morgan fingerprint density at radius 2 is 1.74 bits per heavy atom. The maximum Gasteiger partial charge on any atom is 0.144 e. The van der Waals surface area contributed by atoms with Crippen LogP contribution in [0.4, 0.5) is 5.69 Å². The predicted octanol–water partition coefficient (Wildman–Crippen LogP) is 4.71. The molecule has 3 rings (SSSR count). The van der Waals surface area contributed by atoms with E-state index in [2.05, 4.69) is 17.1 Å². The van der Waals surface area contributed by atoms with Gasteiger partial charge in [0.25, 0.3) is 0 Å². The van der Waals surface area contributed by atoms with Crippen LogP contribution in [-0.4, -0.2) is 28.9 Å². The number of benzene rings is 2. The molecule has 0 aliphatic rings. The van der Waals surface area contributed by atoms with Crippen LogP contribution in [0.1, 0.15) is 55.5 Å². The largest absolute Gasteiger partial charge is 0.545 e. The standard InChI is InChI=1S/C30H36N2O5S/c1-36-26-15-12-23(13-16-26)9-6-4-2-3-5-7-20-37-29-18-14-25(32-28(29)17-19-30(33)34)22-38(35)27-11-8-10-24(31)21-27/h8,10-19,21H,2-7,9,20,22,31H2,1H3,(H,33,34)/p-1/b19-17+. The molecule has 38 heavy (non-hydrogen) atoms. The smallest absolute Gasteiger partial charge is 0.144 e. The Hall–Kier alpha value is -3.65. The summed E-state index contributed by atoms with van der Waals surface area (Å²) in [5.41, 5.74) is 8.59. The molecule has 0 bridgehead atoms. The normalized spacial score (nSPS) is 11.9. The summed E-state index contributed by atoms with van der Waals surface area (Å²) in [7, 11) is 0.338. The number of nitrogens with zero attached hydrogens (tertiary/aromatic N) is 1. The number of methoxy groups -OCH3 is 1. The van der Waals surface area contributed by atoms with Crippen molar-refractivity contribution in [3.05, 3.63) is 83.7 Å². The second kappa shape index (κ2) is 15.6. The van der Waals surface area contributed by atoms with Gasteiger partial charge >= 0.3 is 0 Å². The van der Waals surface area contributed by atoms with Crippen molar-refractivity contribution in [3.8, 4) is 11.5 Å². The molecule has 0 spiro atoms. The summed E-state index contributed by atoms with van der Waals surface area (Å²) in [6.45, 7) is 0.508. The number of aliphatic carboxylic acids is 1. The first-order chi connectivity index (χ1) is 18.4. The molecule has 0 saturated heterocycles. The fraction of sp³-hybridized carbons (Fsp3) is 0.333. The molecule has 0 fully saturated rings. The number of hydrogen-bond acceptors (Lipinski definition) is 7. The number of hydrogen-bond donors (Lipinski definition) is 1. The van der Waals surface area contributed by atoms with E-state index in [-0.39, 0.29) is 5.75 Å². The van der Waals surface area contributed by atoms with Gasteiger partial charge in [0.15, 0.2) is 0 Å². The number of pyridine rings is 1. The Kier molecular flexibility index (Phi) is 11.8. The first-order valence-electron chi connectivity index (χ1n) is 12.8. The molecule has 2 aromatic carbocycles. The van der Waals surface area contributed by atoms with Gasteiger partial charge in [-0.2, -0.15) is 0 Å². The minimum atomic E-state index is -1.34. The molecule has 1 aromatic heterocycles. The lowest BCUT2D eigenvalue weighted by molar-refractivity contribution is -0.297. The first-order valence-corrected chi connectivity index (χ1v) is 14.1. The van der Waals surface area contributed by atoms with E-state index in [9.17, 15) is 14.1 Å². The molecule has 0 amide bonds. The van der Waals surface area contributed by atoms with E-state index in [1.807, 2.05) is 12.1 Å². The molecule has 202 valence electrons. The molecule has 8 heteroatoms. The number of unbranched alkanes of at least 4 members (excludes halogenated alkanes) is 5. The van der Waals surface area contributed by atoms with E-state index in [0.717, 1.165) is 43.9 Å². The summed E-state index contributed by atoms with van der Waals surface area (Å²) < 4.78 is 23.8. The predicted molar refractivity (Wildman–Crippen MR) is 149 cm³/mol. The quantitative estimate of drug-likeness (QED) is 0.161. The lowest BCUT2D eigenvalue weighted by Gasteiger charge is -2.11. The van der Waals surface area contributed by atoms with Crippen LogP contribution in [0.3, 0.4) is 0 Å². The highest BCUT2D eigenvalue weighted by Gasteiger charge is 2.10. The molecule has 0 radical (unpaired) electrons. The van der Waals surface area contributed by atoms with Crippen LogP contribution in [0.15, 0.2) is 71.6 Å². The zero-order valence-corrected chi connectivity index (χ0v) is 22.6. The molecule has 0 aliphatic heterocycles. The fourth-order valence-corrected chi connectivity index (χ4v) is 5.05. The summed E-state index contributed by atoms with van der Waals surface area (Å²) in [6, 6.07) is 18.6. The summed E-state index contributed by atoms with van der Waals surface area (Å²) in [6.07, 6.45) is 9.95. The Morgan fingerprint density at radius 1 is 1.00 bits per heavy atom. The van der Waals surface area contributed by atoms with Gasteiger partial charge in [-0.25, -0.2) is 4.98 Å². The second-order valence-electron chi connectivity index (χ2n) is 8.97. The number of nitrogen functional groups attached to an aromatic ring is 1. The van der Waals surface area contributed by atoms with Crippen molar-refractivity contribution in [3.63, 3.8) is 0 Å². The molecule has 2 N–H and O–H groups in total. The van der Waals surface area contributed by atoms with Crippen molar-refractivity contribution in [2.24, 2.45) is 0 Å². The average molecular weight is 536 g/mol. The highest BCUT2D eigenvalue weighted by molar-refractivity contribution is 7.84. The fourth-order valence-electron chi connectivity index (χ4n) is 3.96. The minimum absolute atomic E-state index is 0.175. The van der Waals surface area contributed by atoms with Gasteiger partial charge in [0.1, 0.15) is 17.2 Å². The Balaban J connectivity index is 1.42. The number of carboxylic acids is 1. The number of aromatic nitrogens is 1. The van der Waals surface area contributed by atoms with Crippen molar-refractivity contribution in [1.29, 1.82) is 0 Å². The third-order valence-corrected chi connectivity index (χ3v) is 7.33. The van der Waals surface area contributed by atoms with E-state index in [0.29, 0.717) is 34.3 Å². The Bertz CT molecular complexity index is 1230. The molecule has 1 unspecified atom stereocenters. The zero-order chi connectivity index (χ0) is 27.2. The van der Waals surface area contributed by atoms with E-state index in [1.54, 1.807) is 43.5 Å². The molecule has 1 atom stereocenters. The minimum Gasteiger partial charge on any atom is -0.545 e. The van der Waals surface area contributed by atoms with Gasteiger partial charge in [0.05, 0.1) is 41.9 Å². The Morgan fingerprint density at radius 3 is 2.45 bits per heavy atom. The van der Waals surface area contributed by atoms with Crippen LogP contribution in [-0.2, 0) is 27.8 Å². The molecule has 1 heterocycles. The van der Waals surface area contributed by atoms with Crippen molar-refractivity contribution in [1.82, 2.24) is 4.98 Å². The number of ether oxygens (including phenoxy) is 2. The highest BCUT2D eigenvalue weighted by atomic mass is 32.2. The molecule has 7 nitrogen and oxygen atoms in total. The van der Waals surface area contributed by atoms with Crippen LogP contribution in [0.25, 0.3) is 6.08 Å². The van der Waals surface area contributed by atoms with Gasteiger partial charge in [0.2, 0.25) is 0 Å². The number of carboxylic acid groups (broad SMARTS) is 1. The number of carbonyl (C=O) groups excluding carboxylic acids is 1. The molecule has 3 aromatic rings. The number of nitrogens with two attached hydrogens (primary N) is 1. The van der Waals surface area contributed by atoms with Crippen molar-refractivity contribution < 1.29 is 23.6 Å². The van der Waals surface area contributed by atoms with Gasteiger partial charge in [-0.1, -0.05) is 43.9 Å². The zero-order valence-electron chi connectivity index (χ0n) is 21.8. The van der Waals surface area contributed by atoms with Gasteiger partial charge < -0.3 is 25.1 Å². The lowest BCUT2D eigenvalue weighted by Crippen LogP contribution is -2.18. The van der Waals surface area contributed by atoms with E-state index >= 15 is 0 Å². The third kappa shape index (κ3) is 10.0. The van der Waals surface area contributed by atoms with Gasteiger partial charge in [0, 0.05) is 10.6 Å². The molecular weight excluding hydrogens is 500 g/mol. The van der Waals surface area contributed by atoms with Gasteiger partial charge in [-0.15, -0.1) is 0 Å². The monoisotopic (exact) mass is 535 g/mol. The van der Waals surface area contributed by atoms with Crippen LogP contribution >= 0.6 is 0 Å². The number of anilines is 1. The first kappa shape index (κ1) is 28.9. The number of aryl methyl sites for hydroxylation is 1. The van der Waals surface area contributed by atoms with E-state index in [4.69, 9.17) is 15.2 Å². The average Bonchev–Trinajstić information content (AvgIpc) is 2.92. The van der Waals surface area contributed by atoms with Crippen LogP contribution in [0.5, 0.6) is 11.5 Å². The van der Waals surface area contributed by atoms with E-state index < -0.39 is 16.8 Å². The van der Waals surface area contributed by atoms with E-state index in [1.165, 1.54) is 24.5 Å². The Labute approximate surface area is 227 Å². The molecular formula is C30H35N2O5S-. The summed E-state index contributed by atoms with van der Waals surface area (Å²) >= 11 is 0.